The lowest BCUT2D eigenvalue weighted by Gasteiger charge is -2.31. The SMILES string of the molecule is O=C(c1cc(=O)c2ccccc2o1)N1CC[C@@]23OCCN2C(=O)C[C@@H]13. The zero-order chi connectivity index (χ0) is 17.2. The molecular formula is C18H16N2O5. The van der Waals surface area contributed by atoms with Gasteiger partial charge in [0.1, 0.15) is 5.58 Å². The fourth-order valence-electron chi connectivity index (χ4n) is 4.39. The summed E-state index contributed by atoms with van der Waals surface area (Å²) in [4.78, 5) is 40.9. The number of amides is 2. The first kappa shape index (κ1) is 14.7. The van der Waals surface area contributed by atoms with E-state index in [0.29, 0.717) is 37.1 Å². The second kappa shape index (κ2) is 4.92. The predicted molar refractivity (Wildman–Crippen MR) is 86.9 cm³/mol. The number of fused-ring (bicyclic) bond motifs is 1. The molecule has 0 unspecified atom stereocenters. The van der Waals surface area contributed by atoms with Gasteiger partial charge in [-0.2, -0.15) is 0 Å². The van der Waals surface area contributed by atoms with E-state index in [1.54, 1.807) is 34.1 Å². The van der Waals surface area contributed by atoms with E-state index in [4.69, 9.17) is 9.15 Å². The van der Waals surface area contributed by atoms with Gasteiger partial charge < -0.3 is 19.0 Å². The first-order valence-electron chi connectivity index (χ1n) is 8.38. The highest BCUT2D eigenvalue weighted by atomic mass is 16.5. The minimum atomic E-state index is -0.691. The third kappa shape index (κ3) is 1.87. The first-order chi connectivity index (χ1) is 12.1. The minimum absolute atomic E-state index is 0.00430. The Bertz CT molecular complexity index is 967. The average Bonchev–Trinajstić information content (AvgIpc) is 3.25. The molecule has 3 fully saturated rings. The topological polar surface area (TPSA) is 80.1 Å². The van der Waals surface area contributed by atoms with E-state index >= 15 is 0 Å². The van der Waals surface area contributed by atoms with Crippen LogP contribution in [0.3, 0.4) is 0 Å². The number of carbonyl (C=O) groups is 2. The zero-order valence-corrected chi connectivity index (χ0v) is 13.4. The quantitative estimate of drug-likeness (QED) is 0.773. The number of hydrogen-bond donors (Lipinski definition) is 0. The highest BCUT2D eigenvalue weighted by molar-refractivity contribution is 5.95. The van der Waals surface area contributed by atoms with Crippen molar-refractivity contribution in [3.05, 3.63) is 46.3 Å². The summed E-state index contributed by atoms with van der Waals surface area (Å²) in [6, 6.07) is 7.75. The Kier molecular flexibility index (Phi) is 2.88. The van der Waals surface area contributed by atoms with Crippen molar-refractivity contribution in [1.82, 2.24) is 9.80 Å². The molecule has 7 heteroatoms. The molecule has 25 heavy (non-hydrogen) atoms. The molecule has 2 atom stereocenters. The molecule has 7 nitrogen and oxygen atoms in total. The van der Waals surface area contributed by atoms with Crippen molar-refractivity contribution < 1.29 is 18.7 Å². The fraction of sp³-hybridized carbons (Fsp3) is 0.389. The van der Waals surface area contributed by atoms with E-state index < -0.39 is 5.72 Å². The normalized spacial score (nSPS) is 27.8. The summed E-state index contributed by atoms with van der Waals surface area (Å²) < 4.78 is 11.6. The Labute approximate surface area is 142 Å². The van der Waals surface area contributed by atoms with Crippen molar-refractivity contribution in [2.24, 2.45) is 0 Å². The van der Waals surface area contributed by atoms with Gasteiger partial charge in [-0.05, 0) is 12.1 Å². The summed E-state index contributed by atoms with van der Waals surface area (Å²) in [7, 11) is 0. The van der Waals surface area contributed by atoms with Crippen LogP contribution < -0.4 is 5.43 Å². The zero-order valence-electron chi connectivity index (χ0n) is 13.4. The smallest absolute Gasteiger partial charge is 0.290 e. The van der Waals surface area contributed by atoms with E-state index in [0.717, 1.165) is 0 Å². The van der Waals surface area contributed by atoms with Crippen molar-refractivity contribution in [2.45, 2.75) is 24.6 Å². The lowest BCUT2D eigenvalue weighted by Crippen LogP contribution is -2.48. The van der Waals surface area contributed by atoms with Gasteiger partial charge in [-0.15, -0.1) is 0 Å². The predicted octanol–water partition coefficient (Wildman–Crippen LogP) is 0.966. The molecule has 4 heterocycles. The maximum absolute atomic E-state index is 13.0. The van der Waals surface area contributed by atoms with Crippen molar-refractivity contribution >= 4 is 22.8 Å². The summed E-state index contributed by atoms with van der Waals surface area (Å²) in [6.45, 7) is 1.54. The Morgan fingerprint density at radius 1 is 1.20 bits per heavy atom. The van der Waals surface area contributed by atoms with Crippen LogP contribution in [-0.2, 0) is 9.53 Å². The molecule has 1 aromatic heterocycles. The van der Waals surface area contributed by atoms with Crippen LogP contribution in [0, 0.1) is 0 Å². The second-order valence-electron chi connectivity index (χ2n) is 6.68. The van der Waals surface area contributed by atoms with Gasteiger partial charge in [-0.3, -0.25) is 14.4 Å². The number of benzene rings is 1. The van der Waals surface area contributed by atoms with Crippen LogP contribution in [0.25, 0.3) is 11.0 Å². The van der Waals surface area contributed by atoms with Crippen LogP contribution in [0.5, 0.6) is 0 Å². The van der Waals surface area contributed by atoms with Crippen molar-refractivity contribution in [3.63, 3.8) is 0 Å². The van der Waals surface area contributed by atoms with Gasteiger partial charge in [-0.1, -0.05) is 12.1 Å². The number of para-hydroxylation sites is 1. The van der Waals surface area contributed by atoms with Crippen molar-refractivity contribution in [3.8, 4) is 0 Å². The highest BCUT2D eigenvalue weighted by Crippen LogP contribution is 2.45. The molecule has 0 bridgehead atoms. The van der Waals surface area contributed by atoms with Crippen LogP contribution in [0.1, 0.15) is 23.4 Å². The van der Waals surface area contributed by atoms with Crippen LogP contribution in [-0.4, -0.2) is 53.1 Å². The number of likely N-dealkylation sites (tertiary alicyclic amines) is 1. The Morgan fingerprint density at radius 2 is 2.04 bits per heavy atom. The van der Waals surface area contributed by atoms with E-state index in [9.17, 15) is 14.4 Å². The molecule has 2 aromatic rings. The van der Waals surface area contributed by atoms with E-state index in [1.165, 1.54) is 6.07 Å². The maximum atomic E-state index is 13.0. The third-order valence-corrected chi connectivity index (χ3v) is 5.51. The number of hydrogen-bond acceptors (Lipinski definition) is 5. The fourth-order valence-corrected chi connectivity index (χ4v) is 4.39. The summed E-state index contributed by atoms with van der Waals surface area (Å²) in [6.07, 6.45) is 0.844. The van der Waals surface area contributed by atoms with Gasteiger partial charge in [0, 0.05) is 25.6 Å². The molecule has 0 saturated carbocycles. The van der Waals surface area contributed by atoms with Crippen LogP contribution in [0.4, 0.5) is 0 Å². The van der Waals surface area contributed by atoms with Gasteiger partial charge in [0.05, 0.1) is 24.5 Å². The van der Waals surface area contributed by atoms with E-state index in [2.05, 4.69) is 0 Å². The maximum Gasteiger partial charge on any atom is 0.290 e. The number of carbonyl (C=O) groups excluding carboxylic acids is 2. The Balaban J connectivity index is 1.53. The van der Waals surface area contributed by atoms with Crippen LogP contribution in [0.2, 0.25) is 0 Å². The third-order valence-electron chi connectivity index (χ3n) is 5.51. The standard InChI is InChI=1S/C18H16N2O5/c21-12-9-14(25-13-4-2-1-3-11(12)13)17(23)19-6-5-18-15(19)10-16(22)20(18)7-8-24-18/h1-4,9,15H,5-8,10H2/t15-,18+/m1/s1. The molecule has 3 saturated heterocycles. The molecule has 0 aliphatic carbocycles. The van der Waals surface area contributed by atoms with E-state index in [-0.39, 0.29) is 35.5 Å². The number of ether oxygens (including phenoxy) is 1. The molecule has 2 amide bonds. The van der Waals surface area contributed by atoms with Crippen molar-refractivity contribution in [1.29, 1.82) is 0 Å². The van der Waals surface area contributed by atoms with E-state index in [1.807, 2.05) is 0 Å². The number of nitrogens with zero attached hydrogens (tertiary/aromatic N) is 2. The van der Waals surface area contributed by atoms with Gasteiger partial charge >= 0.3 is 0 Å². The lowest BCUT2D eigenvalue weighted by molar-refractivity contribution is -0.136. The summed E-state index contributed by atoms with van der Waals surface area (Å²) in [5.41, 5.74) is -0.557. The molecule has 0 N–H and O–H groups in total. The van der Waals surface area contributed by atoms with Gasteiger partial charge in [0.25, 0.3) is 5.91 Å². The average molecular weight is 340 g/mol. The molecule has 128 valence electrons. The molecule has 0 radical (unpaired) electrons. The molecule has 3 aliphatic heterocycles. The molecule has 1 spiro atoms. The molecule has 5 rings (SSSR count). The van der Waals surface area contributed by atoms with Gasteiger partial charge in [0.2, 0.25) is 5.91 Å². The summed E-state index contributed by atoms with van der Waals surface area (Å²) in [5, 5.41) is 0.443. The molecule has 1 aromatic carbocycles. The largest absolute Gasteiger partial charge is 0.451 e. The summed E-state index contributed by atoms with van der Waals surface area (Å²) >= 11 is 0. The monoisotopic (exact) mass is 340 g/mol. The first-order valence-corrected chi connectivity index (χ1v) is 8.38. The van der Waals surface area contributed by atoms with Gasteiger partial charge in [-0.25, -0.2) is 0 Å². The molecular weight excluding hydrogens is 324 g/mol. The van der Waals surface area contributed by atoms with Crippen LogP contribution in [0.15, 0.2) is 39.5 Å². The highest BCUT2D eigenvalue weighted by Gasteiger charge is 2.63. The lowest BCUT2D eigenvalue weighted by atomic mass is 10.1. The Hall–Kier alpha value is -2.67. The number of rotatable bonds is 1. The second-order valence-corrected chi connectivity index (χ2v) is 6.68. The van der Waals surface area contributed by atoms with Crippen molar-refractivity contribution in [2.75, 3.05) is 19.7 Å². The van der Waals surface area contributed by atoms with Gasteiger partial charge in [0.15, 0.2) is 16.9 Å². The van der Waals surface area contributed by atoms with Crippen LogP contribution >= 0.6 is 0 Å². The summed E-state index contributed by atoms with van der Waals surface area (Å²) in [5.74, 6) is -0.348. The molecule has 3 aliphatic rings. The minimum Gasteiger partial charge on any atom is -0.451 e. The Morgan fingerprint density at radius 3 is 2.92 bits per heavy atom.